The maximum Gasteiger partial charge on any atom is 0.137 e. The first-order chi connectivity index (χ1) is 9.13. The van der Waals surface area contributed by atoms with E-state index in [2.05, 4.69) is 5.32 Å². The van der Waals surface area contributed by atoms with Gasteiger partial charge in [0.05, 0.1) is 17.7 Å². The van der Waals surface area contributed by atoms with E-state index in [1.807, 2.05) is 18.2 Å². The number of ether oxygens (including phenoxy) is 1. The largest absolute Gasteiger partial charge is 0.495 e. The maximum atomic E-state index is 10.6. The number of benzene rings is 1. The van der Waals surface area contributed by atoms with Crippen LogP contribution >= 0.6 is 11.6 Å². The Morgan fingerprint density at radius 3 is 2.53 bits per heavy atom. The molecule has 1 aliphatic rings. The third-order valence-corrected chi connectivity index (χ3v) is 4.10. The van der Waals surface area contributed by atoms with Crippen molar-refractivity contribution in [2.75, 3.05) is 19.0 Å². The fraction of sp³-hybridized carbons (Fsp3) is 0.600. The Morgan fingerprint density at radius 2 is 1.95 bits per heavy atom. The highest BCUT2D eigenvalue weighted by atomic mass is 35.5. The summed E-state index contributed by atoms with van der Waals surface area (Å²) in [5.41, 5.74) is 0.339. The summed E-state index contributed by atoms with van der Waals surface area (Å²) in [6.07, 6.45) is 6.45. The molecule has 1 aliphatic carbocycles. The summed E-state index contributed by atoms with van der Waals surface area (Å²) in [5, 5.41) is 14.4. The minimum atomic E-state index is -0.580. The molecular formula is C15H22ClNO2. The molecule has 0 spiro atoms. The standard InChI is InChI=1S/C15H22ClNO2/c1-19-14-7-6-12(10-13(14)16)17-11-15(18)8-4-2-3-5-9-15/h6-7,10,17-18H,2-5,8-9,11H2,1H3. The van der Waals surface area contributed by atoms with Gasteiger partial charge >= 0.3 is 0 Å². The van der Waals surface area contributed by atoms with E-state index < -0.39 is 5.60 Å². The zero-order valence-electron chi connectivity index (χ0n) is 11.4. The van der Waals surface area contributed by atoms with Gasteiger partial charge in [-0.05, 0) is 31.0 Å². The third-order valence-electron chi connectivity index (χ3n) is 3.81. The topological polar surface area (TPSA) is 41.5 Å². The van der Waals surface area contributed by atoms with Gasteiger partial charge in [0.2, 0.25) is 0 Å². The number of nitrogens with one attached hydrogen (secondary N) is 1. The number of rotatable bonds is 4. The number of hydrogen-bond donors (Lipinski definition) is 2. The van der Waals surface area contributed by atoms with Crippen LogP contribution in [0.4, 0.5) is 5.69 Å². The van der Waals surface area contributed by atoms with Gasteiger partial charge in [-0.2, -0.15) is 0 Å². The number of hydrogen-bond acceptors (Lipinski definition) is 3. The Labute approximate surface area is 119 Å². The zero-order chi connectivity index (χ0) is 13.7. The SMILES string of the molecule is COc1ccc(NCC2(O)CCCCCC2)cc1Cl. The Kier molecular flexibility index (Phi) is 4.94. The highest BCUT2D eigenvalue weighted by Gasteiger charge is 2.27. The molecular weight excluding hydrogens is 262 g/mol. The van der Waals surface area contributed by atoms with Crippen molar-refractivity contribution in [3.8, 4) is 5.75 Å². The molecule has 1 saturated carbocycles. The molecule has 3 nitrogen and oxygen atoms in total. The summed E-state index contributed by atoms with van der Waals surface area (Å²) in [5.74, 6) is 0.667. The molecule has 2 N–H and O–H groups in total. The lowest BCUT2D eigenvalue weighted by Crippen LogP contribution is -2.36. The minimum Gasteiger partial charge on any atom is -0.495 e. The van der Waals surface area contributed by atoms with Crippen LogP contribution in [0.1, 0.15) is 38.5 Å². The van der Waals surface area contributed by atoms with E-state index in [4.69, 9.17) is 16.3 Å². The van der Waals surface area contributed by atoms with E-state index >= 15 is 0 Å². The van der Waals surface area contributed by atoms with Gasteiger partial charge in [0.1, 0.15) is 5.75 Å². The van der Waals surface area contributed by atoms with Gasteiger partial charge in [-0.3, -0.25) is 0 Å². The normalized spacial score (nSPS) is 18.7. The highest BCUT2D eigenvalue weighted by molar-refractivity contribution is 6.32. The van der Waals surface area contributed by atoms with Crippen LogP contribution in [0.5, 0.6) is 5.75 Å². The molecule has 2 rings (SSSR count). The molecule has 106 valence electrons. The summed E-state index contributed by atoms with van der Waals surface area (Å²) in [6.45, 7) is 0.579. The molecule has 1 aromatic carbocycles. The van der Waals surface area contributed by atoms with Crippen molar-refractivity contribution < 1.29 is 9.84 Å². The van der Waals surface area contributed by atoms with Crippen LogP contribution in [-0.2, 0) is 0 Å². The van der Waals surface area contributed by atoms with E-state index in [1.54, 1.807) is 7.11 Å². The van der Waals surface area contributed by atoms with Crippen LogP contribution < -0.4 is 10.1 Å². The summed E-state index contributed by atoms with van der Waals surface area (Å²) in [6, 6.07) is 5.59. The minimum absolute atomic E-state index is 0.579. The average Bonchev–Trinajstić information content (AvgIpc) is 2.62. The van der Waals surface area contributed by atoms with Crippen LogP contribution in [0, 0.1) is 0 Å². The van der Waals surface area contributed by atoms with E-state index in [1.165, 1.54) is 12.8 Å². The zero-order valence-corrected chi connectivity index (χ0v) is 12.2. The predicted octanol–water partition coefficient (Wildman–Crippen LogP) is 3.85. The summed E-state index contributed by atoms with van der Waals surface area (Å²) < 4.78 is 5.12. The summed E-state index contributed by atoms with van der Waals surface area (Å²) in [4.78, 5) is 0. The Bertz CT molecular complexity index is 415. The van der Waals surface area contributed by atoms with Gasteiger partial charge in [0, 0.05) is 12.2 Å². The van der Waals surface area contributed by atoms with Crippen molar-refractivity contribution in [1.29, 1.82) is 0 Å². The second-order valence-corrected chi connectivity index (χ2v) is 5.75. The number of halogens is 1. The third kappa shape index (κ3) is 4.02. The second kappa shape index (κ2) is 6.49. The fourth-order valence-electron chi connectivity index (χ4n) is 2.61. The van der Waals surface area contributed by atoms with Gasteiger partial charge < -0.3 is 15.2 Å². The highest BCUT2D eigenvalue weighted by Crippen LogP contribution is 2.30. The Morgan fingerprint density at radius 1 is 1.26 bits per heavy atom. The molecule has 0 amide bonds. The van der Waals surface area contributed by atoms with Crippen LogP contribution in [0.25, 0.3) is 0 Å². The lowest BCUT2D eigenvalue weighted by molar-refractivity contribution is 0.0381. The van der Waals surface area contributed by atoms with Crippen molar-refractivity contribution in [2.24, 2.45) is 0 Å². The molecule has 1 fully saturated rings. The summed E-state index contributed by atoms with van der Waals surface area (Å²) >= 11 is 6.08. The number of aliphatic hydroxyl groups is 1. The number of methoxy groups -OCH3 is 1. The molecule has 0 bridgehead atoms. The predicted molar refractivity (Wildman–Crippen MR) is 79.1 cm³/mol. The van der Waals surface area contributed by atoms with Gasteiger partial charge in [0.15, 0.2) is 0 Å². The Balaban J connectivity index is 1.95. The first kappa shape index (κ1) is 14.5. The van der Waals surface area contributed by atoms with Crippen LogP contribution in [0.15, 0.2) is 18.2 Å². The Hall–Kier alpha value is -0.930. The van der Waals surface area contributed by atoms with Crippen molar-refractivity contribution in [2.45, 2.75) is 44.1 Å². The average molecular weight is 284 g/mol. The first-order valence-corrected chi connectivity index (χ1v) is 7.31. The molecule has 0 atom stereocenters. The fourth-order valence-corrected chi connectivity index (χ4v) is 2.86. The van der Waals surface area contributed by atoms with Gasteiger partial charge in [0.25, 0.3) is 0 Å². The molecule has 0 radical (unpaired) electrons. The van der Waals surface area contributed by atoms with Gasteiger partial charge in [-0.15, -0.1) is 0 Å². The van der Waals surface area contributed by atoms with Crippen LogP contribution in [0.2, 0.25) is 5.02 Å². The van der Waals surface area contributed by atoms with E-state index in [0.717, 1.165) is 31.4 Å². The summed E-state index contributed by atoms with van der Waals surface area (Å²) in [7, 11) is 1.60. The lowest BCUT2D eigenvalue weighted by Gasteiger charge is -2.27. The van der Waals surface area contributed by atoms with Crippen molar-refractivity contribution in [3.05, 3.63) is 23.2 Å². The van der Waals surface area contributed by atoms with Crippen LogP contribution in [0.3, 0.4) is 0 Å². The van der Waals surface area contributed by atoms with E-state index in [9.17, 15) is 5.11 Å². The van der Waals surface area contributed by atoms with Crippen molar-refractivity contribution >= 4 is 17.3 Å². The molecule has 0 saturated heterocycles. The van der Waals surface area contributed by atoms with Crippen LogP contribution in [-0.4, -0.2) is 24.4 Å². The molecule has 0 unspecified atom stereocenters. The maximum absolute atomic E-state index is 10.6. The van der Waals surface area contributed by atoms with E-state index in [-0.39, 0.29) is 0 Å². The molecule has 0 heterocycles. The van der Waals surface area contributed by atoms with Gasteiger partial charge in [-0.1, -0.05) is 37.3 Å². The number of anilines is 1. The lowest BCUT2D eigenvalue weighted by atomic mass is 9.94. The monoisotopic (exact) mass is 283 g/mol. The molecule has 4 heteroatoms. The van der Waals surface area contributed by atoms with Crippen molar-refractivity contribution in [1.82, 2.24) is 0 Å². The molecule has 0 aliphatic heterocycles. The molecule has 1 aromatic rings. The second-order valence-electron chi connectivity index (χ2n) is 5.34. The smallest absolute Gasteiger partial charge is 0.137 e. The quantitative estimate of drug-likeness (QED) is 0.825. The van der Waals surface area contributed by atoms with Gasteiger partial charge in [-0.25, -0.2) is 0 Å². The first-order valence-electron chi connectivity index (χ1n) is 6.93. The van der Waals surface area contributed by atoms with E-state index in [0.29, 0.717) is 17.3 Å². The van der Waals surface area contributed by atoms with Crippen molar-refractivity contribution in [3.63, 3.8) is 0 Å². The molecule has 19 heavy (non-hydrogen) atoms. The molecule has 0 aromatic heterocycles.